The Hall–Kier alpha value is 0.280. The zero-order valence-corrected chi connectivity index (χ0v) is 7.46. The van der Waals surface area contributed by atoms with Crippen LogP contribution in [0.1, 0.15) is 12.8 Å². The number of carbonyl (C=O) groups excluding carboxylic acids is 1. The Kier molecular flexibility index (Phi) is 5.14. The van der Waals surface area contributed by atoms with Gasteiger partial charge in [-0.05, 0) is 12.5 Å². The molecule has 0 aromatic heterocycles. The highest BCUT2D eigenvalue weighted by Crippen LogP contribution is 2.28. The average molecular weight is 201 g/mol. The maximum absolute atomic E-state index is 9.88. The van der Waals surface area contributed by atoms with Crippen LogP contribution < -0.4 is 0 Å². The summed E-state index contributed by atoms with van der Waals surface area (Å²) in [6.45, 7) is 0. The molecule has 0 spiro atoms. The summed E-state index contributed by atoms with van der Waals surface area (Å²) in [5.74, 6) is 0. The van der Waals surface area contributed by atoms with Crippen molar-refractivity contribution in [3.05, 3.63) is 11.6 Å². The van der Waals surface area contributed by atoms with Crippen molar-refractivity contribution in [3.8, 4) is 0 Å². The molecule has 0 aliphatic rings. The van der Waals surface area contributed by atoms with E-state index in [1.807, 2.05) is 0 Å². The molecule has 0 amide bonds. The number of halogens is 3. The lowest BCUT2D eigenvalue weighted by Crippen LogP contribution is -2.07. The minimum atomic E-state index is -0.997. The van der Waals surface area contributed by atoms with Gasteiger partial charge in [-0.15, -0.1) is 0 Å². The average Bonchev–Trinajstić information content (AvgIpc) is 1.84. The van der Waals surface area contributed by atoms with Crippen molar-refractivity contribution in [1.82, 2.24) is 0 Å². The van der Waals surface area contributed by atoms with Crippen LogP contribution >= 0.6 is 34.8 Å². The lowest BCUT2D eigenvalue weighted by atomic mass is 10.2. The van der Waals surface area contributed by atoms with E-state index in [0.717, 1.165) is 6.29 Å². The SMILES string of the molecule is O=CCCC(Cl)(Cl)/C=C/Cl. The second kappa shape index (κ2) is 5.00. The number of hydrogen-bond acceptors (Lipinski definition) is 1. The molecule has 0 saturated heterocycles. The van der Waals surface area contributed by atoms with Gasteiger partial charge < -0.3 is 4.79 Å². The van der Waals surface area contributed by atoms with E-state index in [9.17, 15) is 4.79 Å². The third-order valence-corrected chi connectivity index (χ3v) is 1.66. The van der Waals surface area contributed by atoms with Crippen LogP contribution in [0.3, 0.4) is 0 Å². The molecule has 0 rings (SSSR count). The quantitative estimate of drug-likeness (QED) is 0.505. The van der Waals surface area contributed by atoms with Gasteiger partial charge in [0.05, 0.1) is 0 Å². The molecule has 10 heavy (non-hydrogen) atoms. The van der Waals surface area contributed by atoms with Gasteiger partial charge in [0.1, 0.15) is 10.6 Å². The first kappa shape index (κ1) is 10.3. The molecule has 0 heterocycles. The highest BCUT2D eigenvalue weighted by atomic mass is 35.5. The third-order valence-electron chi connectivity index (χ3n) is 0.902. The van der Waals surface area contributed by atoms with E-state index in [1.54, 1.807) is 0 Å². The summed E-state index contributed by atoms with van der Waals surface area (Å²) in [6, 6.07) is 0. The summed E-state index contributed by atoms with van der Waals surface area (Å²) in [5.41, 5.74) is 1.24. The molecule has 0 N–H and O–H groups in total. The summed E-state index contributed by atoms with van der Waals surface area (Å²) >= 11 is 16.5. The minimum Gasteiger partial charge on any atom is -0.303 e. The Bertz CT molecular complexity index is 131. The lowest BCUT2D eigenvalue weighted by Gasteiger charge is -2.10. The molecule has 0 radical (unpaired) electrons. The van der Waals surface area contributed by atoms with E-state index in [0.29, 0.717) is 12.8 Å². The van der Waals surface area contributed by atoms with Gasteiger partial charge in [0.25, 0.3) is 0 Å². The predicted octanol–water partition coefficient (Wildman–Crippen LogP) is 2.89. The molecule has 0 unspecified atom stereocenters. The Morgan fingerprint density at radius 2 is 2.00 bits per heavy atom. The molecule has 0 aliphatic carbocycles. The smallest absolute Gasteiger partial charge is 0.137 e. The molecule has 0 atom stereocenters. The number of hydrogen-bond donors (Lipinski definition) is 0. The van der Waals surface area contributed by atoms with E-state index in [2.05, 4.69) is 0 Å². The highest BCUT2D eigenvalue weighted by molar-refractivity contribution is 6.50. The number of rotatable bonds is 4. The van der Waals surface area contributed by atoms with Gasteiger partial charge in [-0.25, -0.2) is 0 Å². The van der Waals surface area contributed by atoms with Gasteiger partial charge in [-0.3, -0.25) is 0 Å². The number of allylic oxidation sites excluding steroid dienone is 1. The van der Waals surface area contributed by atoms with Gasteiger partial charge in [-0.1, -0.05) is 34.8 Å². The maximum Gasteiger partial charge on any atom is 0.137 e. The summed E-state index contributed by atoms with van der Waals surface area (Å²) in [5, 5.41) is 0. The van der Waals surface area contributed by atoms with E-state index in [1.165, 1.54) is 11.6 Å². The summed E-state index contributed by atoms with van der Waals surface area (Å²) in [6.07, 6.45) is 2.93. The number of carbonyl (C=O) groups is 1. The Balaban J connectivity index is 3.73. The first-order valence-corrected chi connectivity index (χ1v) is 3.91. The van der Waals surface area contributed by atoms with Crippen molar-refractivity contribution in [2.75, 3.05) is 0 Å². The second-order valence-corrected chi connectivity index (χ2v) is 3.55. The molecular weight excluding hydrogens is 194 g/mol. The van der Waals surface area contributed by atoms with Crippen LogP contribution in [0, 0.1) is 0 Å². The van der Waals surface area contributed by atoms with Gasteiger partial charge >= 0.3 is 0 Å². The normalized spacial score (nSPS) is 12.3. The van der Waals surface area contributed by atoms with E-state index in [-0.39, 0.29) is 0 Å². The largest absolute Gasteiger partial charge is 0.303 e. The van der Waals surface area contributed by atoms with Crippen molar-refractivity contribution < 1.29 is 4.79 Å². The predicted molar refractivity (Wildman–Crippen MR) is 44.7 cm³/mol. The first-order chi connectivity index (χ1) is 4.62. The maximum atomic E-state index is 9.88. The molecular formula is C6H7Cl3O. The van der Waals surface area contributed by atoms with Crippen LogP contribution in [0.2, 0.25) is 0 Å². The van der Waals surface area contributed by atoms with Crippen LogP contribution in [0.15, 0.2) is 11.6 Å². The van der Waals surface area contributed by atoms with Crippen molar-refractivity contribution in [2.45, 2.75) is 17.2 Å². The summed E-state index contributed by atoms with van der Waals surface area (Å²) in [4.78, 5) is 9.88. The lowest BCUT2D eigenvalue weighted by molar-refractivity contribution is -0.107. The van der Waals surface area contributed by atoms with E-state index in [4.69, 9.17) is 34.8 Å². The highest BCUT2D eigenvalue weighted by Gasteiger charge is 2.18. The molecule has 0 fully saturated rings. The molecule has 1 nitrogen and oxygen atoms in total. The molecule has 0 saturated carbocycles. The fourth-order valence-electron chi connectivity index (χ4n) is 0.427. The molecule has 0 aromatic carbocycles. The molecule has 0 aliphatic heterocycles. The summed E-state index contributed by atoms with van der Waals surface area (Å²) in [7, 11) is 0. The van der Waals surface area contributed by atoms with Crippen molar-refractivity contribution in [3.63, 3.8) is 0 Å². The second-order valence-electron chi connectivity index (χ2n) is 1.76. The molecule has 0 aromatic rings. The van der Waals surface area contributed by atoms with Gasteiger partial charge in [0.2, 0.25) is 0 Å². The third kappa shape index (κ3) is 5.10. The van der Waals surface area contributed by atoms with Crippen LogP contribution in [0.25, 0.3) is 0 Å². The van der Waals surface area contributed by atoms with E-state index < -0.39 is 4.33 Å². The Labute approximate surface area is 74.9 Å². The van der Waals surface area contributed by atoms with Crippen molar-refractivity contribution in [1.29, 1.82) is 0 Å². The Morgan fingerprint density at radius 3 is 2.40 bits per heavy atom. The van der Waals surface area contributed by atoms with Gasteiger partial charge in [0.15, 0.2) is 0 Å². The zero-order valence-electron chi connectivity index (χ0n) is 5.19. The fraction of sp³-hybridized carbons (Fsp3) is 0.500. The monoisotopic (exact) mass is 200 g/mol. The summed E-state index contributed by atoms with van der Waals surface area (Å²) < 4.78 is -0.997. The standard InChI is InChI=1S/C6H7Cl3O/c7-4-3-6(8,9)2-1-5-10/h3-5H,1-2H2/b4-3+. The van der Waals surface area contributed by atoms with Crippen LogP contribution in [0.4, 0.5) is 0 Å². The van der Waals surface area contributed by atoms with Crippen LogP contribution in [-0.2, 0) is 4.79 Å². The number of aldehydes is 1. The van der Waals surface area contributed by atoms with Gasteiger partial charge in [-0.2, -0.15) is 0 Å². The topological polar surface area (TPSA) is 17.1 Å². The van der Waals surface area contributed by atoms with Gasteiger partial charge in [0, 0.05) is 12.0 Å². The fourth-order valence-corrected chi connectivity index (χ4v) is 1.12. The van der Waals surface area contributed by atoms with Crippen molar-refractivity contribution >= 4 is 41.1 Å². The van der Waals surface area contributed by atoms with E-state index >= 15 is 0 Å². The molecule has 4 heteroatoms. The van der Waals surface area contributed by atoms with Crippen LogP contribution in [0.5, 0.6) is 0 Å². The zero-order chi connectivity index (χ0) is 8.04. The molecule has 58 valence electrons. The Morgan fingerprint density at radius 1 is 1.40 bits per heavy atom. The minimum absolute atomic E-state index is 0.341. The van der Waals surface area contributed by atoms with Crippen LogP contribution in [-0.4, -0.2) is 10.6 Å². The van der Waals surface area contributed by atoms with Crippen molar-refractivity contribution in [2.24, 2.45) is 0 Å². The molecule has 0 bridgehead atoms. The number of alkyl halides is 2. The first-order valence-electron chi connectivity index (χ1n) is 2.72.